The first kappa shape index (κ1) is 18.7. The number of carbonyl (C=O) groups is 1. The average molecular weight is 369 g/mol. The van der Waals surface area contributed by atoms with E-state index < -0.39 is 0 Å². The van der Waals surface area contributed by atoms with Crippen molar-refractivity contribution in [1.29, 1.82) is 0 Å². The predicted octanol–water partition coefficient (Wildman–Crippen LogP) is 0.571. The molecule has 0 radical (unpaired) electrons. The minimum absolute atomic E-state index is 0.0109. The van der Waals surface area contributed by atoms with E-state index in [0.717, 1.165) is 44.8 Å². The van der Waals surface area contributed by atoms with Gasteiger partial charge in [-0.25, -0.2) is 4.98 Å². The van der Waals surface area contributed by atoms with Gasteiger partial charge < -0.3 is 19.7 Å². The smallest absolute Gasteiger partial charge is 0.234 e. The molecule has 8 heteroatoms. The van der Waals surface area contributed by atoms with Crippen LogP contribution in [0.5, 0.6) is 0 Å². The fourth-order valence-electron chi connectivity index (χ4n) is 3.26. The summed E-state index contributed by atoms with van der Waals surface area (Å²) in [5, 5.41) is 5.13. The molecule has 0 aliphatic carbocycles. The van der Waals surface area contributed by atoms with Crippen molar-refractivity contribution in [1.82, 2.24) is 20.1 Å². The number of nitrogens with zero attached hydrogens (tertiary/aromatic N) is 3. The Morgan fingerprint density at radius 2 is 2.20 bits per heavy atom. The highest BCUT2D eigenvalue weighted by atomic mass is 32.1. The summed E-state index contributed by atoms with van der Waals surface area (Å²) in [5.41, 5.74) is 2.72. The zero-order chi connectivity index (χ0) is 17.5. The molecule has 2 aliphatic rings. The molecular formula is C17H28N4O3S. The molecule has 0 bridgehead atoms. The van der Waals surface area contributed by atoms with Crippen molar-refractivity contribution in [2.24, 2.45) is 0 Å². The normalized spacial score (nSPS) is 25.8. The maximum atomic E-state index is 12.4. The molecule has 2 aliphatic heterocycles. The van der Waals surface area contributed by atoms with Gasteiger partial charge in [-0.1, -0.05) is 6.92 Å². The van der Waals surface area contributed by atoms with Gasteiger partial charge in [-0.15, -0.1) is 11.3 Å². The van der Waals surface area contributed by atoms with Crippen molar-refractivity contribution in [2.45, 2.75) is 32.1 Å². The van der Waals surface area contributed by atoms with Crippen LogP contribution in [0.3, 0.4) is 0 Å². The molecule has 1 amide bonds. The van der Waals surface area contributed by atoms with Crippen molar-refractivity contribution in [2.75, 3.05) is 52.5 Å². The zero-order valence-corrected chi connectivity index (χ0v) is 15.7. The number of nitrogens with one attached hydrogen (secondary N) is 1. The van der Waals surface area contributed by atoms with Gasteiger partial charge in [0.15, 0.2) is 0 Å². The molecule has 3 heterocycles. The van der Waals surface area contributed by atoms with Crippen LogP contribution in [0.4, 0.5) is 0 Å². The second-order valence-electron chi connectivity index (χ2n) is 6.58. The summed E-state index contributed by atoms with van der Waals surface area (Å²) in [7, 11) is 0. The van der Waals surface area contributed by atoms with Crippen LogP contribution in [0, 0.1) is 0 Å². The number of piperazine rings is 1. The first-order chi connectivity index (χ1) is 12.2. The van der Waals surface area contributed by atoms with E-state index in [-0.39, 0.29) is 18.1 Å². The third-order valence-corrected chi connectivity index (χ3v) is 5.49. The van der Waals surface area contributed by atoms with Gasteiger partial charge in [0.1, 0.15) is 6.10 Å². The highest BCUT2D eigenvalue weighted by Crippen LogP contribution is 2.14. The van der Waals surface area contributed by atoms with E-state index in [4.69, 9.17) is 9.47 Å². The van der Waals surface area contributed by atoms with Gasteiger partial charge in [-0.3, -0.25) is 9.69 Å². The molecule has 7 nitrogen and oxygen atoms in total. The van der Waals surface area contributed by atoms with E-state index in [0.29, 0.717) is 26.4 Å². The van der Waals surface area contributed by atoms with Gasteiger partial charge in [0.25, 0.3) is 0 Å². The second-order valence-corrected chi connectivity index (χ2v) is 7.30. The molecular weight excluding hydrogens is 340 g/mol. The molecule has 140 valence electrons. The Labute approximate surface area is 153 Å². The number of hydrogen-bond acceptors (Lipinski definition) is 7. The van der Waals surface area contributed by atoms with Gasteiger partial charge in [0, 0.05) is 38.2 Å². The van der Waals surface area contributed by atoms with Gasteiger partial charge in [-0.2, -0.15) is 0 Å². The van der Waals surface area contributed by atoms with E-state index >= 15 is 0 Å². The number of hydrogen-bond donors (Lipinski definition) is 1. The second kappa shape index (κ2) is 9.59. The van der Waals surface area contributed by atoms with E-state index in [9.17, 15) is 4.79 Å². The molecule has 1 aromatic heterocycles. The van der Waals surface area contributed by atoms with Crippen LogP contribution < -0.4 is 5.32 Å². The lowest BCUT2D eigenvalue weighted by Gasteiger charge is -2.35. The topological polar surface area (TPSA) is 66.9 Å². The number of ether oxygens (including phenoxy) is 2. The number of amides is 1. The highest BCUT2D eigenvalue weighted by molar-refractivity contribution is 7.07. The van der Waals surface area contributed by atoms with Crippen LogP contribution in [0.1, 0.15) is 19.0 Å². The van der Waals surface area contributed by atoms with Crippen LogP contribution in [0.15, 0.2) is 10.9 Å². The molecule has 0 saturated carbocycles. The molecule has 1 aromatic rings. The van der Waals surface area contributed by atoms with Crippen molar-refractivity contribution in [3.05, 3.63) is 16.6 Å². The Bertz CT molecular complexity index is 520. The van der Waals surface area contributed by atoms with E-state index in [2.05, 4.69) is 27.0 Å². The number of thiazole rings is 1. The standard InChI is InChI=1S/C17H28N4O3S/c1-2-20-4-6-21(7-5-20)9-17(22)19-15-3-8-23-11-16(15)24-10-14-12-25-13-18-14/h12-13,15-16H,2-11H2,1H3,(H,19,22)/t15-,16-/m1/s1. The van der Waals surface area contributed by atoms with Crippen molar-refractivity contribution < 1.29 is 14.3 Å². The summed E-state index contributed by atoms with van der Waals surface area (Å²) < 4.78 is 11.5. The highest BCUT2D eigenvalue weighted by Gasteiger charge is 2.29. The van der Waals surface area contributed by atoms with Crippen LogP contribution >= 0.6 is 11.3 Å². The van der Waals surface area contributed by atoms with E-state index in [1.54, 1.807) is 16.8 Å². The molecule has 2 fully saturated rings. The minimum atomic E-state index is -0.115. The van der Waals surface area contributed by atoms with Gasteiger partial charge in [0.2, 0.25) is 5.91 Å². The largest absolute Gasteiger partial charge is 0.379 e. The summed E-state index contributed by atoms with van der Waals surface area (Å²) in [4.78, 5) is 21.3. The first-order valence-corrected chi connectivity index (χ1v) is 9.99. The summed E-state index contributed by atoms with van der Waals surface area (Å²) in [6.07, 6.45) is 0.674. The Kier molecular flexibility index (Phi) is 7.18. The van der Waals surface area contributed by atoms with Gasteiger partial charge in [-0.05, 0) is 13.0 Å². The Hall–Kier alpha value is -1.06. The summed E-state index contributed by atoms with van der Waals surface area (Å²) in [6.45, 7) is 9.37. The number of likely N-dealkylation sites (N-methyl/N-ethyl adjacent to an activating group) is 1. The lowest BCUT2D eigenvalue weighted by atomic mass is 10.1. The lowest BCUT2D eigenvalue weighted by molar-refractivity contribution is -0.128. The van der Waals surface area contributed by atoms with Crippen LogP contribution in [0.2, 0.25) is 0 Å². The summed E-state index contributed by atoms with van der Waals surface area (Å²) in [6, 6.07) is 0.0109. The fourth-order valence-corrected chi connectivity index (χ4v) is 3.80. The molecule has 1 N–H and O–H groups in total. The van der Waals surface area contributed by atoms with Gasteiger partial charge in [0.05, 0.1) is 37.0 Å². The third-order valence-electron chi connectivity index (χ3n) is 4.86. The monoisotopic (exact) mass is 368 g/mol. The van der Waals surface area contributed by atoms with E-state index in [1.165, 1.54) is 0 Å². The Morgan fingerprint density at radius 3 is 2.92 bits per heavy atom. The average Bonchev–Trinajstić information content (AvgIpc) is 3.15. The van der Waals surface area contributed by atoms with Crippen molar-refractivity contribution in [3.8, 4) is 0 Å². The van der Waals surface area contributed by atoms with Crippen molar-refractivity contribution in [3.63, 3.8) is 0 Å². The molecule has 0 aromatic carbocycles. The third kappa shape index (κ3) is 5.72. The number of aromatic nitrogens is 1. The van der Waals surface area contributed by atoms with Crippen LogP contribution in [-0.2, 0) is 20.9 Å². The first-order valence-electron chi connectivity index (χ1n) is 9.05. The summed E-state index contributed by atoms with van der Waals surface area (Å²) in [5.74, 6) is 0.0825. The molecule has 2 saturated heterocycles. The summed E-state index contributed by atoms with van der Waals surface area (Å²) >= 11 is 1.56. The lowest BCUT2D eigenvalue weighted by Crippen LogP contribution is -2.54. The molecule has 3 rings (SSSR count). The molecule has 0 unspecified atom stereocenters. The predicted molar refractivity (Wildman–Crippen MR) is 96.6 cm³/mol. The Balaban J connectivity index is 1.43. The zero-order valence-electron chi connectivity index (χ0n) is 14.9. The van der Waals surface area contributed by atoms with Gasteiger partial charge >= 0.3 is 0 Å². The Morgan fingerprint density at radius 1 is 1.40 bits per heavy atom. The quantitative estimate of drug-likeness (QED) is 0.759. The minimum Gasteiger partial charge on any atom is -0.379 e. The van der Waals surface area contributed by atoms with Crippen LogP contribution in [0.25, 0.3) is 0 Å². The van der Waals surface area contributed by atoms with Crippen LogP contribution in [-0.4, -0.2) is 85.3 Å². The van der Waals surface area contributed by atoms with Crippen molar-refractivity contribution >= 4 is 17.2 Å². The molecule has 2 atom stereocenters. The number of rotatable bonds is 7. The fraction of sp³-hybridized carbons (Fsp3) is 0.765. The maximum absolute atomic E-state index is 12.4. The maximum Gasteiger partial charge on any atom is 0.234 e. The van der Waals surface area contributed by atoms with E-state index in [1.807, 2.05) is 5.38 Å². The molecule has 0 spiro atoms. The SMILES string of the molecule is CCN1CCN(CC(=O)N[C@@H]2CCOC[C@H]2OCc2cscn2)CC1. The molecule has 25 heavy (non-hydrogen) atoms. The number of carbonyl (C=O) groups excluding carboxylic acids is 1.